The molecule has 0 N–H and O–H groups in total. The number of methoxy groups -OCH3 is 1. The summed E-state index contributed by atoms with van der Waals surface area (Å²) in [5, 5.41) is 0. The number of piperazine rings is 1. The van der Waals surface area contributed by atoms with Gasteiger partial charge in [-0.3, -0.25) is 9.69 Å². The van der Waals surface area contributed by atoms with Gasteiger partial charge >= 0.3 is 5.97 Å². The highest BCUT2D eigenvalue weighted by Crippen LogP contribution is 2.17. The summed E-state index contributed by atoms with van der Waals surface area (Å²) in [6.07, 6.45) is 0. The zero-order valence-corrected chi connectivity index (χ0v) is 16.1. The first-order chi connectivity index (χ1) is 14.0. The molecule has 2 aromatic rings. The van der Waals surface area contributed by atoms with E-state index in [0.29, 0.717) is 38.3 Å². The Morgan fingerprint density at radius 1 is 1.00 bits per heavy atom. The molecule has 3 rings (SSSR count). The van der Waals surface area contributed by atoms with Gasteiger partial charge in [0.2, 0.25) is 0 Å². The van der Waals surface area contributed by atoms with E-state index in [0.717, 1.165) is 6.07 Å². The molecule has 0 bridgehead atoms. The molecule has 2 aromatic carbocycles. The molecule has 154 valence electrons. The Bertz CT molecular complexity index is 883. The molecule has 0 aromatic heterocycles. The number of carbonyl (C=O) groups is 2. The van der Waals surface area contributed by atoms with E-state index in [-0.39, 0.29) is 23.0 Å². The quantitative estimate of drug-likeness (QED) is 0.693. The molecule has 1 fully saturated rings. The SMILES string of the molecule is COc1ccc(C(=O)OCC(=O)N2CCN(Cc3ccccc3F)CC2)c(F)c1. The Balaban J connectivity index is 1.46. The van der Waals surface area contributed by atoms with Crippen molar-refractivity contribution in [1.29, 1.82) is 0 Å². The van der Waals surface area contributed by atoms with E-state index >= 15 is 0 Å². The van der Waals surface area contributed by atoms with Crippen LogP contribution in [0.15, 0.2) is 42.5 Å². The normalized spacial score (nSPS) is 14.5. The molecule has 1 amide bonds. The highest BCUT2D eigenvalue weighted by atomic mass is 19.1. The van der Waals surface area contributed by atoms with E-state index in [9.17, 15) is 18.4 Å². The first kappa shape index (κ1) is 20.7. The molecule has 0 atom stereocenters. The van der Waals surface area contributed by atoms with Gasteiger partial charge in [-0.1, -0.05) is 18.2 Å². The summed E-state index contributed by atoms with van der Waals surface area (Å²) in [7, 11) is 1.39. The van der Waals surface area contributed by atoms with Gasteiger partial charge in [-0.15, -0.1) is 0 Å². The Morgan fingerprint density at radius 3 is 2.38 bits per heavy atom. The van der Waals surface area contributed by atoms with E-state index in [2.05, 4.69) is 4.90 Å². The number of halogens is 2. The molecule has 0 aliphatic carbocycles. The minimum atomic E-state index is -0.906. The van der Waals surface area contributed by atoms with Crippen molar-refractivity contribution in [3.8, 4) is 5.75 Å². The largest absolute Gasteiger partial charge is 0.497 e. The van der Waals surface area contributed by atoms with E-state index < -0.39 is 18.4 Å². The first-order valence-electron chi connectivity index (χ1n) is 9.22. The van der Waals surface area contributed by atoms with Crippen LogP contribution < -0.4 is 4.74 Å². The predicted molar refractivity (Wildman–Crippen MR) is 101 cm³/mol. The smallest absolute Gasteiger partial charge is 0.341 e. The van der Waals surface area contributed by atoms with Gasteiger partial charge in [0.25, 0.3) is 5.91 Å². The highest BCUT2D eigenvalue weighted by Gasteiger charge is 2.23. The Labute approximate surface area is 167 Å². The molecule has 8 heteroatoms. The lowest BCUT2D eigenvalue weighted by Gasteiger charge is -2.34. The molecule has 1 aliphatic heterocycles. The van der Waals surface area contributed by atoms with Gasteiger partial charge in [-0.05, 0) is 18.2 Å². The lowest BCUT2D eigenvalue weighted by atomic mass is 10.2. The van der Waals surface area contributed by atoms with Crippen LogP contribution in [0.5, 0.6) is 5.75 Å². The minimum absolute atomic E-state index is 0.247. The zero-order valence-electron chi connectivity index (χ0n) is 16.1. The molecule has 6 nitrogen and oxygen atoms in total. The number of amides is 1. The monoisotopic (exact) mass is 404 g/mol. The number of hydrogen-bond donors (Lipinski definition) is 0. The summed E-state index contributed by atoms with van der Waals surface area (Å²) in [4.78, 5) is 28.0. The molecule has 0 radical (unpaired) electrons. The fraction of sp³-hybridized carbons (Fsp3) is 0.333. The predicted octanol–water partition coefficient (Wildman–Crippen LogP) is 2.47. The maximum Gasteiger partial charge on any atom is 0.341 e. The van der Waals surface area contributed by atoms with Gasteiger partial charge in [0, 0.05) is 44.4 Å². The van der Waals surface area contributed by atoms with Crippen LogP contribution in [0.4, 0.5) is 8.78 Å². The number of rotatable bonds is 6. The van der Waals surface area contributed by atoms with E-state index in [1.807, 2.05) is 0 Å². The molecule has 0 saturated carbocycles. The lowest BCUT2D eigenvalue weighted by Crippen LogP contribution is -2.49. The standard InChI is InChI=1S/C21H22F2N2O4/c1-28-16-6-7-17(19(23)12-16)21(27)29-14-20(26)25-10-8-24(9-11-25)13-15-4-2-3-5-18(15)22/h2-7,12H,8-11,13-14H2,1H3. The van der Waals surface area contributed by atoms with Gasteiger partial charge < -0.3 is 14.4 Å². The lowest BCUT2D eigenvalue weighted by molar-refractivity contribution is -0.136. The van der Waals surface area contributed by atoms with Crippen LogP contribution in [0.3, 0.4) is 0 Å². The second-order valence-corrected chi connectivity index (χ2v) is 6.67. The third kappa shape index (κ3) is 5.29. The van der Waals surface area contributed by atoms with Crippen LogP contribution in [0.25, 0.3) is 0 Å². The summed E-state index contributed by atoms with van der Waals surface area (Å²) in [6.45, 7) is 2.07. The highest BCUT2D eigenvalue weighted by molar-refractivity contribution is 5.91. The average Bonchev–Trinajstić information content (AvgIpc) is 2.73. The summed E-state index contributed by atoms with van der Waals surface area (Å²) in [5.74, 6) is -2.00. The maximum atomic E-state index is 13.9. The van der Waals surface area contributed by atoms with Crippen LogP contribution in [0.2, 0.25) is 0 Å². The molecule has 0 spiro atoms. The van der Waals surface area contributed by atoms with Crippen molar-refractivity contribution in [1.82, 2.24) is 9.80 Å². The van der Waals surface area contributed by atoms with Crippen molar-refractivity contribution >= 4 is 11.9 Å². The zero-order chi connectivity index (χ0) is 20.8. The van der Waals surface area contributed by atoms with Crippen molar-refractivity contribution in [3.05, 3.63) is 65.2 Å². The number of hydrogen-bond acceptors (Lipinski definition) is 5. The number of esters is 1. The molecule has 1 heterocycles. The second kappa shape index (κ2) is 9.47. The van der Waals surface area contributed by atoms with Gasteiger partial charge in [0.05, 0.1) is 12.7 Å². The average molecular weight is 404 g/mol. The Hall–Kier alpha value is -3.00. The summed E-state index contributed by atoms with van der Waals surface area (Å²) < 4.78 is 37.5. The molecule has 1 saturated heterocycles. The number of ether oxygens (including phenoxy) is 2. The van der Waals surface area contributed by atoms with Crippen molar-refractivity contribution < 1.29 is 27.8 Å². The van der Waals surface area contributed by atoms with Crippen LogP contribution in [-0.4, -0.2) is 61.6 Å². The van der Waals surface area contributed by atoms with Crippen molar-refractivity contribution in [3.63, 3.8) is 0 Å². The fourth-order valence-corrected chi connectivity index (χ4v) is 3.11. The second-order valence-electron chi connectivity index (χ2n) is 6.67. The van der Waals surface area contributed by atoms with Crippen molar-refractivity contribution in [2.45, 2.75) is 6.54 Å². The third-order valence-electron chi connectivity index (χ3n) is 4.80. The number of carbonyl (C=O) groups excluding carboxylic acids is 2. The van der Waals surface area contributed by atoms with Gasteiger partial charge in [-0.25, -0.2) is 13.6 Å². The van der Waals surface area contributed by atoms with Crippen LogP contribution in [0, 0.1) is 11.6 Å². The molecule has 1 aliphatic rings. The summed E-state index contributed by atoms with van der Waals surface area (Å²) >= 11 is 0. The molecule has 0 unspecified atom stereocenters. The van der Waals surface area contributed by atoms with Crippen molar-refractivity contribution in [2.24, 2.45) is 0 Å². The van der Waals surface area contributed by atoms with E-state index in [1.54, 1.807) is 23.1 Å². The molecular weight excluding hydrogens is 382 g/mol. The van der Waals surface area contributed by atoms with Crippen LogP contribution in [0.1, 0.15) is 15.9 Å². The summed E-state index contributed by atoms with van der Waals surface area (Å²) in [6, 6.07) is 10.4. The van der Waals surface area contributed by atoms with Crippen LogP contribution >= 0.6 is 0 Å². The third-order valence-corrected chi connectivity index (χ3v) is 4.80. The summed E-state index contributed by atoms with van der Waals surface area (Å²) in [5.41, 5.74) is 0.357. The Morgan fingerprint density at radius 2 is 1.72 bits per heavy atom. The number of benzene rings is 2. The topological polar surface area (TPSA) is 59.1 Å². The fourth-order valence-electron chi connectivity index (χ4n) is 3.11. The van der Waals surface area contributed by atoms with Gasteiger partial charge in [0.1, 0.15) is 17.4 Å². The van der Waals surface area contributed by atoms with Crippen LogP contribution in [-0.2, 0) is 16.1 Å². The van der Waals surface area contributed by atoms with E-state index in [4.69, 9.17) is 9.47 Å². The first-order valence-corrected chi connectivity index (χ1v) is 9.22. The minimum Gasteiger partial charge on any atom is -0.497 e. The molecular formula is C21H22F2N2O4. The maximum absolute atomic E-state index is 13.9. The van der Waals surface area contributed by atoms with Gasteiger partial charge in [0.15, 0.2) is 6.61 Å². The van der Waals surface area contributed by atoms with Gasteiger partial charge in [-0.2, -0.15) is 0 Å². The number of nitrogens with zero attached hydrogens (tertiary/aromatic N) is 2. The van der Waals surface area contributed by atoms with E-state index in [1.165, 1.54) is 25.3 Å². The molecule has 29 heavy (non-hydrogen) atoms. The van der Waals surface area contributed by atoms with Crippen molar-refractivity contribution in [2.75, 3.05) is 39.9 Å². The Kier molecular flexibility index (Phi) is 6.77.